The van der Waals surface area contributed by atoms with E-state index in [1.807, 2.05) is 39.8 Å². The molecule has 6 heterocycles. The van der Waals surface area contributed by atoms with Crippen LogP contribution in [0, 0.1) is 6.92 Å². The number of nitrogens with one attached hydrogen (secondary N) is 1. The van der Waals surface area contributed by atoms with Crippen molar-refractivity contribution in [3.05, 3.63) is 110 Å². The zero-order valence-electron chi connectivity index (χ0n) is 34.8. The summed E-state index contributed by atoms with van der Waals surface area (Å²) in [6.45, 7) is 12.3. The molecule has 9 rings (SSSR count). The highest BCUT2D eigenvalue weighted by molar-refractivity contribution is 5.91. The van der Waals surface area contributed by atoms with Crippen LogP contribution >= 0.6 is 0 Å². The first-order valence-corrected chi connectivity index (χ1v) is 20.8. The maximum atomic E-state index is 14.2. The first kappa shape index (κ1) is 39.8. The number of hydrogen-bond acceptors (Lipinski definition) is 11. The highest BCUT2D eigenvalue weighted by atomic mass is 16.6. The SMILES string of the molecule is CCc1c2c(nc3ccc(O)cc13)-c1cc3c(c(=O)n1C2)COC(=O)[C@@]3(CC)OC(=O)N1CCN(Cc2ccc(-c3c(-c4cc(C(C)C)c(O)cc4O)n[nH]c3C)cc2)CC1. The molecule has 314 valence electrons. The predicted molar refractivity (Wildman–Crippen MR) is 228 cm³/mol. The largest absolute Gasteiger partial charge is 0.508 e. The second-order valence-electron chi connectivity index (χ2n) is 16.5. The number of ether oxygens (including phenoxy) is 2. The van der Waals surface area contributed by atoms with Gasteiger partial charge in [0.15, 0.2) is 0 Å². The standard InChI is InChI=1S/C47H48N6O8/c1-6-30-32-18-29(54)12-13-37(32)48-42-34(30)23-53-38(42)20-36-35(44(53)57)24-60-45(58)47(36,7-2)61-46(59)52-16-14-51(15-17-52)22-27-8-10-28(11-9-27)41-26(5)49-50-43(41)33-19-31(25(3)4)39(55)21-40(33)56/h8-13,18-21,25,54-56H,6-7,14-17,22-24H2,1-5H3,(H,49,50)/t47-/m0/s1. The molecule has 3 aromatic heterocycles. The molecule has 4 N–H and O–H groups in total. The van der Waals surface area contributed by atoms with E-state index in [2.05, 4.69) is 27.2 Å². The molecule has 14 heteroatoms. The molecule has 0 spiro atoms. The third-order valence-corrected chi connectivity index (χ3v) is 12.6. The van der Waals surface area contributed by atoms with E-state index in [0.717, 1.165) is 44.5 Å². The molecule has 1 saturated heterocycles. The number of aromatic nitrogens is 4. The first-order valence-electron chi connectivity index (χ1n) is 20.8. The zero-order valence-corrected chi connectivity index (χ0v) is 34.8. The molecule has 0 bridgehead atoms. The average Bonchev–Trinajstić information content (AvgIpc) is 3.81. The minimum Gasteiger partial charge on any atom is -0.508 e. The summed E-state index contributed by atoms with van der Waals surface area (Å²) in [6, 6.07) is 18.1. The van der Waals surface area contributed by atoms with Crippen LogP contribution in [0.2, 0.25) is 0 Å². The number of benzene rings is 3. The summed E-state index contributed by atoms with van der Waals surface area (Å²) in [5, 5.41) is 39.8. The lowest BCUT2D eigenvalue weighted by atomic mass is 9.85. The van der Waals surface area contributed by atoms with E-state index in [0.29, 0.717) is 72.9 Å². The minimum atomic E-state index is -1.82. The van der Waals surface area contributed by atoms with Crippen LogP contribution in [-0.2, 0) is 46.0 Å². The summed E-state index contributed by atoms with van der Waals surface area (Å²) in [6.07, 6.45) is 0.0722. The van der Waals surface area contributed by atoms with Gasteiger partial charge in [-0.05, 0) is 78.3 Å². The summed E-state index contributed by atoms with van der Waals surface area (Å²) in [4.78, 5) is 50.6. The monoisotopic (exact) mass is 824 g/mol. The number of aromatic hydroxyl groups is 3. The Balaban J connectivity index is 0.909. The number of fused-ring (bicyclic) bond motifs is 5. The summed E-state index contributed by atoms with van der Waals surface area (Å²) in [5.41, 5.74) is 7.78. The van der Waals surface area contributed by atoms with Gasteiger partial charge in [-0.3, -0.25) is 14.8 Å². The lowest BCUT2D eigenvalue weighted by Gasteiger charge is -2.39. The van der Waals surface area contributed by atoms with Crippen LogP contribution in [0.5, 0.6) is 17.2 Å². The lowest BCUT2D eigenvalue weighted by molar-refractivity contribution is -0.173. The highest BCUT2D eigenvalue weighted by Crippen LogP contribution is 2.44. The second kappa shape index (κ2) is 15.1. The van der Waals surface area contributed by atoms with Gasteiger partial charge in [0, 0.05) is 72.1 Å². The van der Waals surface area contributed by atoms with Crippen LogP contribution in [0.25, 0.3) is 44.7 Å². The molecule has 0 unspecified atom stereocenters. The van der Waals surface area contributed by atoms with Gasteiger partial charge in [-0.25, -0.2) is 14.6 Å². The molecule has 3 aliphatic heterocycles. The summed E-state index contributed by atoms with van der Waals surface area (Å²) < 4.78 is 13.4. The number of pyridine rings is 2. The van der Waals surface area contributed by atoms with E-state index < -0.39 is 17.7 Å². The number of cyclic esters (lactones) is 1. The Morgan fingerprint density at radius 2 is 1.69 bits per heavy atom. The van der Waals surface area contributed by atoms with E-state index in [4.69, 9.17) is 14.5 Å². The van der Waals surface area contributed by atoms with Crippen LogP contribution in [0.4, 0.5) is 4.79 Å². The molecule has 0 saturated carbocycles. The number of piperazine rings is 1. The quantitative estimate of drug-likeness (QED) is 0.114. The van der Waals surface area contributed by atoms with Crippen molar-refractivity contribution in [3.8, 4) is 51.0 Å². The minimum absolute atomic E-state index is 0.0474. The molecule has 1 amide bonds. The molecule has 61 heavy (non-hydrogen) atoms. The van der Waals surface area contributed by atoms with E-state index in [9.17, 15) is 29.7 Å². The zero-order chi connectivity index (χ0) is 42.9. The molecular weight excluding hydrogens is 777 g/mol. The number of H-pyrrole nitrogens is 1. The van der Waals surface area contributed by atoms with Gasteiger partial charge in [0.2, 0.25) is 5.60 Å². The van der Waals surface area contributed by atoms with E-state index in [1.54, 1.807) is 46.7 Å². The number of rotatable bonds is 8. The van der Waals surface area contributed by atoms with E-state index in [1.165, 1.54) is 6.07 Å². The van der Waals surface area contributed by atoms with E-state index in [-0.39, 0.29) is 53.9 Å². The topological polar surface area (TPSA) is 183 Å². The van der Waals surface area contributed by atoms with Crippen molar-refractivity contribution in [2.24, 2.45) is 0 Å². The number of esters is 1. The number of aryl methyl sites for hydroxylation is 2. The molecule has 0 aliphatic carbocycles. The fourth-order valence-electron chi connectivity index (χ4n) is 9.27. The summed E-state index contributed by atoms with van der Waals surface area (Å²) >= 11 is 0. The second-order valence-corrected chi connectivity index (χ2v) is 16.5. The van der Waals surface area contributed by atoms with Crippen molar-refractivity contribution in [3.63, 3.8) is 0 Å². The molecular formula is C47H48N6O8. The number of hydrogen-bond donors (Lipinski definition) is 4. The van der Waals surface area contributed by atoms with Gasteiger partial charge in [-0.15, -0.1) is 0 Å². The smallest absolute Gasteiger partial charge is 0.411 e. The average molecular weight is 825 g/mol. The maximum absolute atomic E-state index is 14.2. The van der Waals surface area contributed by atoms with Crippen LogP contribution in [0.15, 0.2) is 65.5 Å². The van der Waals surface area contributed by atoms with Gasteiger partial charge in [0.25, 0.3) is 5.56 Å². The Morgan fingerprint density at radius 3 is 2.39 bits per heavy atom. The van der Waals surface area contributed by atoms with Gasteiger partial charge in [-0.2, -0.15) is 5.10 Å². The molecule has 1 atom stereocenters. The van der Waals surface area contributed by atoms with Crippen molar-refractivity contribution < 1.29 is 34.4 Å². The summed E-state index contributed by atoms with van der Waals surface area (Å²) in [7, 11) is 0. The third-order valence-electron chi connectivity index (χ3n) is 12.6. The Bertz CT molecular complexity index is 2820. The number of carbonyl (C=O) groups is 2. The van der Waals surface area contributed by atoms with Gasteiger partial charge in [-0.1, -0.05) is 52.0 Å². The fourth-order valence-corrected chi connectivity index (χ4v) is 9.27. The highest BCUT2D eigenvalue weighted by Gasteiger charge is 2.51. The number of phenols is 3. The van der Waals surface area contributed by atoms with Crippen molar-refractivity contribution in [1.82, 2.24) is 29.5 Å². The number of amides is 1. The Morgan fingerprint density at radius 1 is 0.934 bits per heavy atom. The molecule has 6 aromatic rings. The van der Waals surface area contributed by atoms with Gasteiger partial charge in [0.1, 0.15) is 29.5 Å². The van der Waals surface area contributed by atoms with Gasteiger partial charge < -0.3 is 34.3 Å². The van der Waals surface area contributed by atoms with E-state index >= 15 is 0 Å². The van der Waals surface area contributed by atoms with Gasteiger partial charge >= 0.3 is 12.1 Å². The van der Waals surface area contributed by atoms with Crippen molar-refractivity contribution >= 4 is 23.0 Å². The first-order chi connectivity index (χ1) is 29.3. The normalized spacial score (nSPS) is 17.3. The fraction of sp³-hybridized carbons (Fsp3) is 0.340. The molecule has 14 nitrogen and oxygen atoms in total. The number of phenolic OH excluding ortho intramolecular Hbond substituents is 3. The van der Waals surface area contributed by atoms with Gasteiger partial charge in [0.05, 0.1) is 29.0 Å². The Labute approximate surface area is 352 Å². The maximum Gasteiger partial charge on any atom is 0.411 e. The van der Waals surface area contributed by atoms with Crippen LogP contribution in [0.3, 0.4) is 0 Å². The molecule has 3 aromatic carbocycles. The third kappa shape index (κ3) is 6.56. The van der Waals surface area contributed by atoms with Crippen molar-refractivity contribution in [1.29, 1.82) is 0 Å². The van der Waals surface area contributed by atoms with Crippen LogP contribution in [0.1, 0.15) is 79.1 Å². The molecule has 0 radical (unpaired) electrons. The number of nitrogens with zero attached hydrogens (tertiary/aromatic N) is 5. The molecule has 1 fully saturated rings. The number of carbonyl (C=O) groups excluding carboxylic acids is 2. The Kier molecular flexibility index (Phi) is 9.85. The lowest BCUT2D eigenvalue weighted by Crippen LogP contribution is -2.53. The van der Waals surface area contributed by atoms with Crippen LogP contribution in [-0.4, -0.2) is 83.1 Å². The predicted octanol–water partition coefficient (Wildman–Crippen LogP) is 7.21. The number of aromatic amines is 1. The van der Waals surface area contributed by atoms with Crippen LogP contribution < -0.4 is 5.56 Å². The molecule has 3 aliphatic rings. The summed E-state index contributed by atoms with van der Waals surface area (Å²) in [5.74, 6) is -0.526. The Hall–Kier alpha value is -6.67. The van der Waals surface area contributed by atoms with Crippen molar-refractivity contribution in [2.45, 2.75) is 78.7 Å². The van der Waals surface area contributed by atoms with Crippen molar-refractivity contribution in [2.75, 3.05) is 26.2 Å².